The predicted molar refractivity (Wildman–Crippen MR) is 52.6 cm³/mol. The lowest BCUT2D eigenvalue weighted by molar-refractivity contribution is 0.573. The van der Waals surface area contributed by atoms with E-state index in [4.69, 9.17) is 0 Å². The molecule has 5 heteroatoms. The summed E-state index contributed by atoms with van der Waals surface area (Å²) in [7, 11) is -2.81. The fraction of sp³-hybridized carbons (Fsp3) is 1.00. The monoisotopic (exact) mass is 213 g/mol. The molecule has 1 aliphatic rings. The summed E-state index contributed by atoms with van der Waals surface area (Å²) in [5.41, 5.74) is 0. The van der Waals surface area contributed by atoms with Crippen molar-refractivity contribution in [3.05, 3.63) is 0 Å². The summed E-state index contributed by atoms with van der Waals surface area (Å²) in [6.45, 7) is 1.60. The molecule has 0 amide bonds. The maximum absolute atomic E-state index is 11.1. The molecule has 1 atom stereocenters. The highest BCUT2D eigenvalue weighted by Crippen LogP contribution is 2.10. The molecule has 0 aromatic carbocycles. The highest BCUT2D eigenvalue weighted by Gasteiger charge is 2.21. The molecular formula is C7H16ClNO2S. The summed E-state index contributed by atoms with van der Waals surface area (Å²) in [5, 5.41) is 2.98. The van der Waals surface area contributed by atoms with E-state index in [1.165, 1.54) is 6.26 Å². The molecule has 0 aromatic heterocycles. The Labute approximate surface area is 80.3 Å². The van der Waals surface area contributed by atoms with Gasteiger partial charge in [-0.05, 0) is 19.4 Å². The number of halogens is 1. The second-order valence-electron chi connectivity index (χ2n) is 3.15. The Balaban J connectivity index is 0.00000121. The Morgan fingerprint density at radius 1 is 1.33 bits per heavy atom. The predicted octanol–water partition coefficient (Wildman–Crippen LogP) is 0.595. The highest BCUT2D eigenvalue weighted by atomic mass is 35.5. The molecule has 1 N–H and O–H groups in total. The molecule has 0 radical (unpaired) electrons. The molecule has 0 bridgehead atoms. The van der Waals surface area contributed by atoms with Gasteiger partial charge < -0.3 is 5.32 Å². The third-order valence-electron chi connectivity index (χ3n) is 2.11. The summed E-state index contributed by atoms with van der Waals surface area (Å²) in [5.74, 6) is 0. The van der Waals surface area contributed by atoms with Gasteiger partial charge in [-0.15, -0.1) is 12.4 Å². The third-order valence-corrected chi connectivity index (χ3v) is 3.72. The van der Waals surface area contributed by atoms with Gasteiger partial charge in [0.1, 0.15) is 0 Å². The molecule has 1 unspecified atom stereocenters. The van der Waals surface area contributed by atoms with Crippen LogP contribution in [0, 0.1) is 0 Å². The van der Waals surface area contributed by atoms with Gasteiger partial charge in [-0.3, -0.25) is 0 Å². The van der Waals surface area contributed by atoms with Gasteiger partial charge in [-0.1, -0.05) is 6.42 Å². The second kappa shape index (κ2) is 5.04. The highest BCUT2D eigenvalue weighted by molar-refractivity contribution is 7.91. The van der Waals surface area contributed by atoms with Gasteiger partial charge in [0.25, 0.3) is 0 Å². The first-order valence-electron chi connectivity index (χ1n) is 4.00. The fourth-order valence-electron chi connectivity index (χ4n) is 1.35. The van der Waals surface area contributed by atoms with Crippen LogP contribution >= 0.6 is 12.4 Å². The first kappa shape index (κ1) is 12.2. The maximum Gasteiger partial charge on any atom is 0.151 e. The lowest BCUT2D eigenvalue weighted by Gasteiger charge is -2.10. The van der Waals surface area contributed by atoms with Crippen molar-refractivity contribution in [1.29, 1.82) is 0 Å². The molecule has 3 nitrogen and oxygen atoms in total. The van der Waals surface area contributed by atoms with Gasteiger partial charge in [0.05, 0.1) is 5.25 Å². The average molecular weight is 214 g/mol. The smallest absolute Gasteiger partial charge is 0.151 e. The minimum absolute atomic E-state index is 0. The van der Waals surface area contributed by atoms with Crippen molar-refractivity contribution < 1.29 is 8.42 Å². The van der Waals surface area contributed by atoms with E-state index in [1.807, 2.05) is 0 Å². The minimum Gasteiger partial charge on any atom is -0.315 e. The van der Waals surface area contributed by atoms with E-state index < -0.39 is 9.84 Å². The van der Waals surface area contributed by atoms with E-state index in [-0.39, 0.29) is 17.7 Å². The zero-order chi connectivity index (χ0) is 8.32. The van der Waals surface area contributed by atoms with Gasteiger partial charge in [0, 0.05) is 12.8 Å². The fourth-order valence-corrected chi connectivity index (χ4v) is 2.37. The van der Waals surface area contributed by atoms with E-state index in [9.17, 15) is 8.42 Å². The molecule has 0 aromatic rings. The van der Waals surface area contributed by atoms with Crippen LogP contribution in [0.15, 0.2) is 0 Å². The molecule has 1 heterocycles. The average Bonchev–Trinajstić information content (AvgIpc) is 2.10. The van der Waals surface area contributed by atoms with Crippen molar-refractivity contribution in [2.24, 2.45) is 0 Å². The zero-order valence-electron chi connectivity index (χ0n) is 7.25. The SMILES string of the molecule is CS(=O)(=O)C1CCCCNC1.Cl. The topological polar surface area (TPSA) is 46.2 Å². The normalized spacial score (nSPS) is 25.6. The Hall–Kier alpha value is 0.200. The number of hydrogen-bond donors (Lipinski definition) is 1. The van der Waals surface area contributed by atoms with Crippen molar-refractivity contribution in [1.82, 2.24) is 5.32 Å². The van der Waals surface area contributed by atoms with Crippen LogP contribution in [0.2, 0.25) is 0 Å². The van der Waals surface area contributed by atoms with Gasteiger partial charge in [0.2, 0.25) is 0 Å². The van der Waals surface area contributed by atoms with Crippen LogP contribution in [0.1, 0.15) is 19.3 Å². The quantitative estimate of drug-likeness (QED) is 0.694. The Kier molecular flexibility index (Phi) is 5.13. The molecule has 74 valence electrons. The van der Waals surface area contributed by atoms with Crippen LogP contribution in [0.4, 0.5) is 0 Å². The molecule has 0 aliphatic carbocycles. The van der Waals surface area contributed by atoms with Crippen LogP contribution in [0.3, 0.4) is 0 Å². The summed E-state index contributed by atoms with van der Waals surface area (Å²) >= 11 is 0. The molecule has 1 fully saturated rings. The second-order valence-corrected chi connectivity index (χ2v) is 5.48. The van der Waals surface area contributed by atoms with E-state index >= 15 is 0 Å². The third kappa shape index (κ3) is 3.74. The zero-order valence-corrected chi connectivity index (χ0v) is 8.88. The Bertz CT molecular complexity index is 207. The lowest BCUT2D eigenvalue weighted by atomic mass is 10.2. The van der Waals surface area contributed by atoms with Crippen molar-refractivity contribution in [2.75, 3.05) is 19.3 Å². The van der Waals surface area contributed by atoms with Crippen LogP contribution in [0.25, 0.3) is 0 Å². The van der Waals surface area contributed by atoms with Crippen molar-refractivity contribution >= 4 is 22.2 Å². The standard InChI is InChI=1S/C7H15NO2S.ClH/c1-11(9,10)7-4-2-3-5-8-6-7;/h7-8H,2-6H2,1H3;1H. The van der Waals surface area contributed by atoms with Crippen LogP contribution < -0.4 is 5.32 Å². The molecule has 0 spiro atoms. The van der Waals surface area contributed by atoms with E-state index in [2.05, 4.69) is 5.32 Å². The van der Waals surface area contributed by atoms with Gasteiger partial charge in [-0.25, -0.2) is 8.42 Å². The van der Waals surface area contributed by atoms with Crippen LogP contribution in [-0.2, 0) is 9.84 Å². The summed E-state index contributed by atoms with van der Waals surface area (Å²) in [6.07, 6.45) is 4.28. The van der Waals surface area contributed by atoms with Crippen LogP contribution in [0.5, 0.6) is 0 Å². The van der Waals surface area contributed by atoms with Gasteiger partial charge in [-0.2, -0.15) is 0 Å². The number of rotatable bonds is 1. The van der Waals surface area contributed by atoms with Crippen molar-refractivity contribution in [2.45, 2.75) is 24.5 Å². The van der Waals surface area contributed by atoms with Crippen molar-refractivity contribution in [3.8, 4) is 0 Å². The minimum atomic E-state index is -2.81. The van der Waals surface area contributed by atoms with Crippen LogP contribution in [-0.4, -0.2) is 33.0 Å². The van der Waals surface area contributed by atoms with E-state index in [0.717, 1.165) is 25.8 Å². The summed E-state index contributed by atoms with van der Waals surface area (Å²) in [4.78, 5) is 0. The number of hydrogen-bond acceptors (Lipinski definition) is 3. The molecule has 0 saturated carbocycles. The Morgan fingerprint density at radius 3 is 2.58 bits per heavy atom. The Morgan fingerprint density at radius 2 is 2.00 bits per heavy atom. The first-order chi connectivity index (χ1) is 5.11. The molecular weight excluding hydrogens is 198 g/mol. The van der Waals surface area contributed by atoms with E-state index in [0.29, 0.717) is 6.54 Å². The van der Waals surface area contributed by atoms with Gasteiger partial charge >= 0.3 is 0 Å². The molecule has 1 saturated heterocycles. The first-order valence-corrected chi connectivity index (χ1v) is 5.96. The molecule has 1 aliphatic heterocycles. The van der Waals surface area contributed by atoms with E-state index in [1.54, 1.807) is 0 Å². The largest absolute Gasteiger partial charge is 0.315 e. The number of sulfone groups is 1. The molecule has 12 heavy (non-hydrogen) atoms. The summed E-state index contributed by atoms with van der Waals surface area (Å²) in [6, 6.07) is 0. The lowest BCUT2D eigenvalue weighted by Crippen LogP contribution is -2.30. The van der Waals surface area contributed by atoms with Crippen molar-refractivity contribution in [3.63, 3.8) is 0 Å². The summed E-state index contributed by atoms with van der Waals surface area (Å²) < 4.78 is 22.2. The maximum atomic E-state index is 11.1. The number of nitrogens with one attached hydrogen (secondary N) is 1. The van der Waals surface area contributed by atoms with Gasteiger partial charge in [0.15, 0.2) is 9.84 Å². The molecule has 1 rings (SSSR count).